The third-order valence-corrected chi connectivity index (χ3v) is 5.61. The van der Waals surface area contributed by atoms with Crippen molar-refractivity contribution in [1.82, 2.24) is 15.1 Å². The molecule has 2 N–H and O–H groups in total. The van der Waals surface area contributed by atoms with E-state index < -0.39 is 0 Å². The van der Waals surface area contributed by atoms with Crippen LogP contribution in [0.5, 0.6) is 0 Å². The molecule has 0 fully saturated rings. The molecule has 0 spiro atoms. The lowest BCUT2D eigenvalue weighted by Gasteiger charge is -2.27. The van der Waals surface area contributed by atoms with E-state index in [-0.39, 0.29) is 12.5 Å². The smallest absolute Gasteiger partial charge is 0.227 e. The summed E-state index contributed by atoms with van der Waals surface area (Å²) >= 11 is 0. The van der Waals surface area contributed by atoms with Gasteiger partial charge < -0.3 is 15.3 Å². The molecule has 6 nitrogen and oxygen atoms in total. The van der Waals surface area contributed by atoms with Crippen molar-refractivity contribution in [3.05, 3.63) is 46.8 Å². The van der Waals surface area contributed by atoms with E-state index in [0.717, 1.165) is 37.9 Å². The number of aromatic nitrogens is 2. The van der Waals surface area contributed by atoms with Crippen molar-refractivity contribution in [2.75, 3.05) is 18.6 Å². The van der Waals surface area contributed by atoms with Crippen LogP contribution in [-0.4, -0.2) is 34.4 Å². The zero-order valence-corrected chi connectivity index (χ0v) is 15.2. The Morgan fingerprint density at radius 1 is 1.31 bits per heavy atom. The quantitative estimate of drug-likeness (QED) is 0.861. The average Bonchev–Trinajstić information content (AvgIpc) is 3.07. The summed E-state index contributed by atoms with van der Waals surface area (Å²) in [6.07, 6.45) is 6.66. The Kier molecular flexibility index (Phi) is 4.78. The molecular formula is C20H26N4O2. The van der Waals surface area contributed by atoms with Crippen LogP contribution in [0.2, 0.25) is 0 Å². The number of aliphatic hydroxyl groups is 1. The second kappa shape index (κ2) is 7.21. The highest BCUT2D eigenvalue weighted by Crippen LogP contribution is 2.31. The van der Waals surface area contributed by atoms with Crippen LogP contribution in [0.3, 0.4) is 0 Å². The normalized spacial score (nSPS) is 19.4. The number of hydrogen-bond donors (Lipinski definition) is 2. The standard InChI is InChI=1S/C20H26N4O2/c1-23-18-7-5-14(11-15(18)6-8-20(23)26)12-21-17-3-2-4-19-16(17)13-22-24(19)9-10-25/h5,7,11,13,17,21,25H,2-4,6,8-10,12H2,1H3. The van der Waals surface area contributed by atoms with Crippen molar-refractivity contribution in [3.8, 4) is 0 Å². The minimum atomic E-state index is 0.123. The number of aryl methyl sites for hydroxylation is 1. The van der Waals surface area contributed by atoms with Crippen molar-refractivity contribution in [3.63, 3.8) is 0 Å². The van der Waals surface area contributed by atoms with E-state index in [0.29, 0.717) is 19.0 Å². The van der Waals surface area contributed by atoms with E-state index in [4.69, 9.17) is 0 Å². The molecule has 1 aromatic heterocycles. The molecule has 2 aromatic rings. The molecule has 0 radical (unpaired) electrons. The molecule has 138 valence electrons. The number of carbonyl (C=O) groups excluding carboxylic acids is 1. The van der Waals surface area contributed by atoms with Crippen LogP contribution in [0, 0.1) is 0 Å². The van der Waals surface area contributed by atoms with E-state index in [9.17, 15) is 9.90 Å². The van der Waals surface area contributed by atoms with Gasteiger partial charge in [0.05, 0.1) is 19.3 Å². The summed E-state index contributed by atoms with van der Waals surface area (Å²) < 4.78 is 1.94. The van der Waals surface area contributed by atoms with Gasteiger partial charge in [-0.2, -0.15) is 5.10 Å². The van der Waals surface area contributed by atoms with E-state index in [2.05, 4.69) is 28.6 Å². The van der Waals surface area contributed by atoms with E-state index >= 15 is 0 Å². The number of fused-ring (bicyclic) bond motifs is 2. The molecule has 0 saturated carbocycles. The second-order valence-electron chi connectivity index (χ2n) is 7.23. The molecule has 4 rings (SSSR count). The van der Waals surface area contributed by atoms with Crippen LogP contribution in [0.15, 0.2) is 24.4 Å². The second-order valence-corrected chi connectivity index (χ2v) is 7.23. The first kappa shape index (κ1) is 17.2. The molecule has 26 heavy (non-hydrogen) atoms. The number of rotatable bonds is 5. The summed E-state index contributed by atoms with van der Waals surface area (Å²) in [5, 5.41) is 17.3. The van der Waals surface area contributed by atoms with Crippen LogP contribution >= 0.6 is 0 Å². The van der Waals surface area contributed by atoms with Gasteiger partial charge in [0.15, 0.2) is 0 Å². The molecule has 2 aliphatic rings. The highest BCUT2D eigenvalue weighted by Gasteiger charge is 2.24. The first-order valence-electron chi connectivity index (χ1n) is 9.44. The van der Waals surface area contributed by atoms with Crippen molar-refractivity contribution >= 4 is 11.6 Å². The van der Waals surface area contributed by atoms with Crippen molar-refractivity contribution in [2.45, 2.75) is 51.2 Å². The van der Waals surface area contributed by atoms with Crippen LogP contribution in [0.1, 0.15) is 47.7 Å². The lowest BCUT2D eigenvalue weighted by atomic mass is 9.92. The van der Waals surface area contributed by atoms with Crippen LogP contribution in [0.25, 0.3) is 0 Å². The third-order valence-electron chi connectivity index (χ3n) is 5.61. The highest BCUT2D eigenvalue weighted by atomic mass is 16.3. The van der Waals surface area contributed by atoms with Crippen molar-refractivity contribution < 1.29 is 9.90 Å². The average molecular weight is 354 g/mol. The van der Waals surface area contributed by atoms with Gasteiger partial charge in [0.25, 0.3) is 0 Å². The maximum Gasteiger partial charge on any atom is 0.227 e. The first-order valence-corrected chi connectivity index (χ1v) is 9.44. The number of amides is 1. The Morgan fingerprint density at radius 2 is 2.19 bits per heavy atom. The monoisotopic (exact) mass is 354 g/mol. The van der Waals surface area contributed by atoms with Gasteiger partial charge in [0, 0.05) is 43.0 Å². The number of anilines is 1. The van der Waals surface area contributed by atoms with Gasteiger partial charge in [-0.25, -0.2) is 0 Å². The SMILES string of the molecule is CN1C(=O)CCc2cc(CNC3CCCc4c3cnn4CCO)ccc21. The lowest BCUT2D eigenvalue weighted by molar-refractivity contribution is -0.118. The molecule has 0 bridgehead atoms. The van der Waals surface area contributed by atoms with Gasteiger partial charge in [-0.15, -0.1) is 0 Å². The maximum absolute atomic E-state index is 11.8. The Bertz CT molecular complexity index is 814. The number of aliphatic hydroxyl groups excluding tert-OH is 1. The summed E-state index contributed by atoms with van der Waals surface area (Å²) in [5.74, 6) is 0.193. The number of hydrogen-bond acceptors (Lipinski definition) is 4. The Balaban J connectivity index is 1.47. The number of benzene rings is 1. The molecule has 1 amide bonds. The Hall–Kier alpha value is -2.18. The molecule has 1 aliphatic carbocycles. The highest BCUT2D eigenvalue weighted by molar-refractivity contribution is 5.95. The van der Waals surface area contributed by atoms with Gasteiger partial charge in [-0.3, -0.25) is 9.48 Å². The zero-order valence-electron chi connectivity index (χ0n) is 15.2. The predicted molar refractivity (Wildman–Crippen MR) is 100 cm³/mol. The van der Waals surface area contributed by atoms with E-state index in [1.807, 2.05) is 17.9 Å². The molecular weight excluding hydrogens is 328 g/mol. The number of nitrogens with zero attached hydrogens (tertiary/aromatic N) is 3. The van der Waals surface area contributed by atoms with Gasteiger partial charge in [-0.1, -0.05) is 12.1 Å². The molecule has 2 heterocycles. The largest absolute Gasteiger partial charge is 0.394 e. The molecule has 1 atom stereocenters. The van der Waals surface area contributed by atoms with Crippen LogP contribution in [0.4, 0.5) is 5.69 Å². The fourth-order valence-corrected chi connectivity index (χ4v) is 4.18. The van der Waals surface area contributed by atoms with E-state index in [1.54, 1.807) is 4.90 Å². The molecule has 1 unspecified atom stereocenters. The van der Waals surface area contributed by atoms with Crippen LogP contribution in [-0.2, 0) is 30.7 Å². The molecule has 1 aromatic carbocycles. The summed E-state index contributed by atoms with van der Waals surface area (Å²) in [5.41, 5.74) is 6.07. The van der Waals surface area contributed by atoms with E-state index in [1.165, 1.54) is 22.4 Å². The van der Waals surface area contributed by atoms with Crippen molar-refractivity contribution in [2.24, 2.45) is 0 Å². The van der Waals surface area contributed by atoms with Crippen molar-refractivity contribution in [1.29, 1.82) is 0 Å². The third kappa shape index (κ3) is 3.15. The number of nitrogens with one attached hydrogen (secondary N) is 1. The number of carbonyl (C=O) groups is 1. The summed E-state index contributed by atoms with van der Waals surface area (Å²) in [6, 6.07) is 6.71. The summed E-state index contributed by atoms with van der Waals surface area (Å²) in [7, 11) is 1.85. The van der Waals surface area contributed by atoms with Gasteiger partial charge >= 0.3 is 0 Å². The Labute approximate surface area is 153 Å². The fraction of sp³-hybridized carbons (Fsp3) is 0.500. The van der Waals surface area contributed by atoms with Gasteiger partial charge in [0.1, 0.15) is 0 Å². The maximum atomic E-state index is 11.8. The summed E-state index contributed by atoms with van der Waals surface area (Å²) in [4.78, 5) is 13.6. The lowest BCUT2D eigenvalue weighted by Crippen LogP contribution is -2.31. The summed E-state index contributed by atoms with van der Waals surface area (Å²) in [6.45, 7) is 1.50. The minimum absolute atomic E-state index is 0.123. The minimum Gasteiger partial charge on any atom is -0.394 e. The molecule has 6 heteroatoms. The predicted octanol–water partition coefficient (Wildman–Crippen LogP) is 1.95. The van der Waals surface area contributed by atoms with Gasteiger partial charge in [0.2, 0.25) is 5.91 Å². The molecule has 0 saturated heterocycles. The van der Waals surface area contributed by atoms with Crippen LogP contribution < -0.4 is 10.2 Å². The fourth-order valence-electron chi connectivity index (χ4n) is 4.18. The van der Waals surface area contributed by atoms with Gasteiger partial charge in [-0.05, 0) is 42.9 Å². The zero-order chi connectivity index (χ0) is 18.1. The topological polar surface area (TPSA) is 70.4 Å². The first-order chi connectivity index (χ1) is 12.7. The molecule has 1 aliphatic heterocycles. The Morgan fingerprint density at radius 3 is 3.04 bits per heavy atom.